The van der Waals surface area contributed by atoms with Crippen molar-refractivity contribution in [3.05, 3.63) is 0 Å². The molecule has 2 amide bonds. The molecule has 0 aromatic carbocycles. The number of amides is 2. The molecule has 1 spiro atoms. The number of carbonyl (C=O) groups excluding carboxylic acids is 1. The molecule has 6 rings (SSSR count). The fraction of sp³-hybridized carbons (Fsp3) is 0.969. The standard InChI is InChI=1S/C32H55N3OS/c1-4-23-22-25-27-11-10-24(30(27,2)14-12-28(25)31(3)13-6-5-9-26(23)31)8-7-19-33-29(36)34-37-35-20-17-32(15-16-32)18-21-35/h23-28H,4-22H2,1-3H3,(H2,33,34,36)/t23-,24-,25?,26?,27?,28-,30?,31?/m0/s1. The van der Waals surface area contributed by atoms with Crippen molar-refractivity contribution in [2.45, 2.75) is 124 Å². The number of hydrogen-bond acceptors (Lipinski definition) is 3. The molecule has 6 aliphatic rings. The van der Waals surface area contributed by atoms with Gasteiger partial charge in [0, 0.05) is 31.8 Å². The van der Waals surface area contributed by atoms with Crippen LogP contribution in [0.4, 0.5) is 4.79 Å². The minimum absolute atomic E-state index is 0.00387. The third-order valence-electron chi connectivity index (χ3n) is 13.5. The molecular formula is C32H55N3OS. The van der Waals surface area contributed by atoms with E-state index in [1.807, 2.05) is 0 Å². The van der Waals surface area contributed by atoms with E-state index in [0.29, 0.717) is 16.2 Å². The van der Waals surface area contributed by atoms with Gasteiger partial charge in [0.05, 0.1) is 0 Å². The fourth-order valence-electron chi connectivity index (χ4n) is 11.0. The molecular weight excluding hydrogens is 474 g/mol. The molecule has 5 unspecified atom stereocenters. The van der Waals surface area contributed by atoms with E-state index in [-0.39, 0.29) is 6.03 Å². The van der Waals surface area contributed by atoms with E-state index in [2.05, 4.69) is 35.1 Å². The van der Waals surface area contributed by atoms with Crippen molar-refractivity contribution in [3.8, 4) is 0 Å². The van der Waals surface area contributed by atoms with Gasteiger partial charge in [0.15, 0.2) is 0 Å². The van der Waals surface area contributed by atoms with Gasteiger partial charge in [-0.1, -0.05) is 40.0 Å². The zero-order chi connectivity index (χ0) is 25.7. The van der Waals surface area contributed by atoms with Gasteiger partial charge in [-0.3, -0.25) is 4.72 Å². The van der Waals surface area contributed by atoms with Crippen LogP contribution in [0.3, 0.4) is 0 Å². The number of carbonyl (C=O) groups is 1. The molecule has 6 fully saturated rings. The SMILES string of the molecule is CC[C@H]1CC2C3CC[C@H](CCCNC(=O)NSN4CCC5(CC4)CC5)C3(C)CC[C@@H]2C2(C)CCCCC12. The largest absolute Gasteiger partial charge is 0.337 e. The smallest absolute Gasteiger partial charge is 0.325 e. The molecule has 0 bridgehead atoms. The first-order valence-corrected chi connectivity index (χ1v) is 17.1. The Morgan fingerprint density at radius 1 is 0.892 bits per heavy atom. The lowest BCUT2D eigenvalue weighted by Crippen LogP contribution is -2.55. The first-order valence-electron chi connectivity index (χ1n) is 16.3. The number of rotatable bonds is 7. The average Bonchev–Trinajstić information content (AvgIpc) is 3.57. The Kier molecular flexibility index (Phi) is 7.62. The predicted molar refractivity (Wildman–Crippen MR) is 155 cm³/mol. The van der Waals surface area contributed by atoms with E-state index < -0.39 is 0 Å². The molecule has 210 valence electrons. The quantitative estimate of drug-likeness (QED) is 0.258. The lowest BCUT2D eigenvalue weighted by atomic mass is 9.42. The Morgan fingerprint density at radius 3 is 2.43 bits per heavy atom. The molecule has 8 atom stereocenters. The summed E-state index contributed by atoms with van der Waals surface area (Å²) in [5, 5.41) is 3.16. The Bertz CT molecular complexity index is 821. The molecule has 1 saturated heterocycles. The zero-order valence-corrected chi connectivity index (χ0v) is 25.0. The van der Waals surface area contributed by atoms with Gasteiger partial charge in [-0.05, 0) is 135 Å². The lowest BCUT2D eigenvalue weighted by molar-refractivity contribution is -0.135. The van der Waals surface area contributed by atoms with Crippen molar-refractivity contribution in [1.29, 1.82) is 0 Å². The highest BCUT2D eigenvalue weighted by molar-refractivity contribution is 7.95. The van der Waals surface area contributed by atoms with Gasteiger partial charge in [0.25, 0.3) is 0 Å². The van der Waals surface area contributed by atoms with Crippen molar-refractivity contribution >= 4 is 18.2 Å². The van der Waals surface area contributed by atoms with E-state index >= 15 is 0 Å². The average molecular weight is 530 g/mol. The van der Waals surface area contributed by atoms with Crippen LogP contribution < -0.4 is 10.0 Å². The second kappa shape index (κ2) is 10.5. The maximum atomic E-state index is 12.4. The highest BCUT2D eigenvalue weighted by Gasteiger charge is 2.61. The van der Waals surface area contributed by atoms with E-state index in [1.54, 1.807) is 0 Å². The molecule has 5 heteroatoms. The van der Waals surface area contributed by atoms with E-state index in [0.717, 1.165) is 61.6 Å². The molecule has 5 aliphatic carbocycles. The maximum absolute atomic E-state index is 12.4. The van der Waals surface area contributed by atoms with Crippen LogP contribution in [0, 0.1) is 51.8 Å². The summed E-state index contributed by atoms with van der Waals surface area (Å²) in [6.45, 7) is 11.0. The van der Waals surface area contributed by atoms with Gasteiger partial charge in [-0.2, -0.15) is 0 Å². The van der Waals surface area contributed by atoms with Crippen molar-refractivity contribution in [1.82, 2.24) is 14.3 Å². The van der Waals surface area contributed by atoms with Crippen LogP contribution in [0.5, 0.6) is 0 Å². The Morgan fingerprint density at radius 2 is 1.68 bits per heavy atom. The van der Waals surface area contributed by atoms with Crippen molar-refractivity contribution in [2.24, 2.45) is 51.8 Å². The van der Waals surface area contributed by atoms with Crippen LogP contribution in [-0.4, -0.2) is 30.0 Å². The van der Waals surface area contributed by atoms with Gasteiger partial charge in [0.1, 0.15) is 0 Å². The minimum Gasteiger partial charge on any atom is -0.337 e. The summed E-state index contributed by atoms with van der Waals surface area (Å²) in [5.74, 6) is 5.78. The monoisotopic (exact) mass is 529 g/mol. The number of urea groups is 1. The predicted octanol–water partition coefficient (Wildman–Crippen LogP) is 8.19. The summed E-state index contributed by atoms with van der Waals surface area (Å²) in [4.78, 5) is 12.4. The second-order valence-electron chi connectivity index (χ2n) is 15.0. The van der Waals surface area contributed by atoms with E-state index in [9.17, 15) is 4.79 Å². The Balaban J connectivity index is 0.968. The molecule has 1 heterocycles. The van der Waals surface area contributed by atoms with Gasteiger partial charge in [-0.25, -0.2) is 9.10 Å². The molecule has 1 aliphatic heterocycles. The summed E-state index contributed by atoms with van der Waals surface area (Å²) < 4.78 is 5.38. The van der Waals surface area contributed by atoms with Crippen LogP contribution in [0.25, 0.3) is 0 Å². The third kappa shape index (κ3) is 5.00. The number of hydrogen-bond donors (Lipinski definition) is 2. The molecule has 0 aromatic heterocycles. The van der Waals surface area contributed by atoms with Crippen LogP contribution in [0.1, 0.15) is 124 Å². The van der Waals surface area contributed by atoms with Crippen LogP contribution >= 0.6 is 12.1 Å². The highest BCUT2D eigenvalue weighted by atomic mass is 32.2. The summed E-state index contributed by atoms with van der Waals surface area (Å²) in [7, 11) is 0. The van der Waals surface area contributed by atoms with Crippen LogP contribution in [0.2, 0.25) is 0 Å². The van der Waals surface area contributed by atoms with Gasteiger partial charge in [0.2, 0.25) is 0 Å². The number of nitrogens with zero attached hydrogens (tertiary/aromatic N) is 1. The normalized spacial score (nSPS) is 44.5. The topological polar surface area (TPSA) is 44.4 Å². The maximum Gasteiger partial charge on any atom is 0.325 e. The van der Waals surface area contributed by atoms with Crippen molar-refractivity contribution < 1.29 is 4.79 Å². The highest BCUT2D eigenvalue weighted by Crippen LogP contribution is 2.69. The zero-order valence-electron chi connectivity index (χ0n) is 24.2. The summed E-state index contributed by atoms with van der Waals surface area (Å²) in [6, 6.07) is -0.00387. The summed E-state index contributed by atoms with van der Waals surface area (Å²) in [6.07, 6.45) is 22.7. The molecule has 2 N–H and O–H groups in total. The molecule has 4 nitrogen and oxygen atoms in total. The summed E-state index contributed by atoms with van der Waals surface area (Å²) in [5.41, 5.74) is 1.87. The molecule has 5 saturated carbocycles. The minimum atomic E-state index is -0.00387. The Hall–Kier alpha value is -0.420. The first-order chi connectivity index (χ1) is 17.9. The number of nitrogens with one attached hydrogen (secondary N) is 2. The lowest BCUT2D eigenvalue weighted by Gasteiger charge is -2.62. The third-order valence-corrected chi connectivity index (χ3v) is 14.4. The molecule has 0 aromatic rings. The van der Waals surface area contributed by atoms with Crippen LogP contribution in [-0.2, 0) is 0 Å². The van der Waals surface area contributed by atoms with Crippen molar-refractivity contribution in [2.75, 3.05) is 19.6 Å². The molecule has 37 heavy (non-hydrogen) atoms. The van der Waals surface area contributed by atoms with E-state index in [4.69, 9.17) is 0 Å². The van der Waals surface area contributed by atoms with Crippen LogP contribution in [0.15, 0.2) is 0 Å². The summed E-state index contributed by atoms with van der Waals surface area (Å²) >= 11 is 1.52. The molecule has 0 radical (unpaired) electrons. The fourth-order valence-corrected chi connectivity index (χ4v) is 11.7. The Labute approximate surface area is 231 Å². The van der Waals surface area contributed by atoms with E-state index in [1.165, 1.54) is 108 Å². The second-order valence-corrected chi connectivity index (χ2v) is 15.9. The van der Waals surface area contributed by atoms with Gasteiger partial charge >= 0.3 is 6.03 Å². The number of fused-ring (bicyclic) bond motifs is 5. The van der Waals surface area contributed by atoms with Gasteiger partial charge < -0.3 is 5.32 Å². The van der Waals surface area contributed by atoms with Gasteiger partial charge in [-0.15, -0.1) is 0 Å². The first kappa shape index (κ1) is 26.8. The number of piperidine rings is 1. The van der Waals surface area contributed by atoms with Crippen molar-refractivity contribution in [3.63, 3.8) is 0 Å².